The zero-order chi connectivity index (χ0) is 21.9. The Morgan fingerprint density at radius 1 is 0.844 bits per heavy atom. The number of nitrogens with zero attached hydrogens (tertiary/aromatic N) is 2. The minimum absolute atomic E-state index is 0. The minimum atomic E-state index is 0. The van der Waals surface area contributed by atoms with Gasteiger partial charge in [0.1, 0.15) is 5.75 Å². The lowest BCUT2D eigenvalue weighted by Crippen LogP contribution is -3.00. The average molecular weight is 457 g/mol. The molecular formula is C28H41ClN2O. The maximum absolute atomic E-state index is 6.26. The zero-order valence-corrected chi connectivity index (χ0v) is 21.0. The number of benzene rings is 2. The summed E-state index contributed by atoms with van der Waals surface area (Å²) < 4.78 is 10.8. The lowest BCUT2D eigenvalue weighted by molar-refractivity contribution is -0.645. The Bertz CT molecular complexity index is 934. The molecule has 0 radical (unpaired) electrons. The number of hydrogen-bond donors (Lipinski definition) is 0. The molecule has 0 amide bonds. The van der Waals surface area contributed by atoms with Crippen molar-refractivity contribution in [2.75, 3.05) is 6.61 Å². The third-order valence-electron chi connectivity index (χ3n) is 6.18. The zero-order valence-electron chi connectivity index (χ0n) is 20.3. The van der Waals surface area contributed by atoms with E-state index in [9.17, 15) is 0 Å². The Balaban J connectivity index is 0.00000363. The van der Waals surface area contributed by atoms with E-state index in [2.05, 4.69) is 78.8 Å². The number of imidazole rings is 1. The number of rotatable bonds is 14. The maximum atomic E-state index is 6.26. The predicted octanol–water partition coefficient (Wildman–Crippen LogP) is 3.79. The lowest BCUT2D eigenvalue weighted by atomic mass is 10.00. The third kappa shape index (κ3) is 7.55. The number of unbranched alkanes of at least 4 members (excludes halogenated alkanes) is 5. The predicted molar refractivity (Wildman–Crippen MR) is 131 cm³/mol. The molecule has 0 atom stereocenters. The van der Waals surface area contributed by atoms with Gasteiger partial charge in [-0.2, -0.15) is 0 Å². The van der Waals surface area contributed by atoms with Gasteiger partial charge in [-0.25, -0.2) is 9.13 Å². The first kappa shape index (κ1) is 26.3. The van der Waals surface area contributed by atoms with Crippen molar-refractivity contribution in [2.45, 2.75) is 84.6 Å². The lowest BCUT2D eigenvalue weighted by Gasteiger charge is -2.13. The summed E-state index contributed by atoms with van der Waals surface area (Å²) in [4.78, 5) is 0. The van der Waals surface area contributed by atoms with E-state index in [1.807, 2.05) is 0 Å². The molecule has 3 nitrogen and oxygen atoms in total. The highest BCUT2D eigenvalue weighted by molar-refractivity contribution is 5.71. The van der Waals surface area contributed by atoms with Gasteiger partial charge in [0.25, 0.3) is 0 Å². The van der Waals surface area contributed by atoms with Crippen LogP contribution in [0, 0.1) is 0 Å². The highest BCUT2D eigenvalue weighted by atomic mass is 35.5. The molecule has 3 rings (SSSR count). The van der Waals surface area contributed by atoms with E-state index in [0.29, 0.717) is 0 Å². The number of aromatic nitrogens is 2. The molecular weight excluding hydrogens is 416 g/mol. The fourth-order valence-corrected chi connectivity index (χ4v) is 4.35. The van der Waals surface area contributed by atoms with Crippen LogP contribution in [0.1, 0.15) is 76.3 Å². The van der Waals surface area contributed by atoms with Gasteiger partial charge in [-0.05, 0) is 67.9 Å². The summed E-state index contributed by atoms with van der Waals surface area (Å²) in [6.45, 7) is 6.37. The first-order valence-corrected chi connectivity index (χ1v) is 12.4. The average Bonchev–Trinajstić information content (AvgIpc) is 3.11. The van der Waals surface area contributed by atoms with Crippen molar-refractivity contribution >= 4 is 11.0 Å². The van der Waals surface area contributed by atoms with Crippen molar-refractivity contribution in [3.05, 3.63) is 59.9 Å². The van der Waals surface area contributed by atoms with Crippen LogP contribution in [0.2, 0.25) is 0 Å². The van der Waals surface area contributed by atoms with Crippen molar-refractivity contribution in [2.24, 2.45) is 7.05 Å². The SMILES string of the molecule is CCCCCc1ccc(OCCCCn2c[n+](C)c3ccccc32)c(CCCCC)c1.[Cl-]. The molecule has 0 unspecified atom stereocenters. The Labute approximate surface area is 201 Å². The quantitative estimate of drug-likeness (QED) is 0.266. The van der Waals surface area contributed by atoms with E-state index in [-0.39, 0.29) is 12.4 Å². The smallest absolute Gasteiger partial charge is 0.244 e. The van der Waals surface area contributed by atoms with E-state index in [0.717, 1.165) is 38.2 Å². The van der Waals surface area contributed by atoms with Gasteiger partial charge >= 0.3 is 0 Å². The van der Waals surface area contributed by atoms with Crippen LogP contribution in [0.4, 0.5) is 0 Å². The van der Waals surface area contributed by atoms with E-state index in [1.54, 1.807) is 0 Å². The van der Waals surface area contributed by atoms with Crippen LogP contribution in [0.5, 0.6) is 5.75 Å². The molecule has 1 aromatic heterocycles. The highest BCUT2D eigenvalue weighted by Gasteiger charge is 2.12. The topological polar surface area (TPSA) is 18.0 Å². The molecule has 0 saturated carbocycles. The Hall–Kier alpha value is -2.00. The van der Waals surface area contributed by atoms with Crippen molar-refractivity contribution in [1.29, 1.82) is 0 Å². The number of ether oxygens (including phenoxy) is 1. The molecule has 32 heavy (non-hydrogen) atoms. The van der Waals surface area contributed by atoms with Gasteiger partial charge < -0.3 is 17.1 Å². The molecule has 0 aliphatic carbocycles. The first-order valence-electron chi connectivity index (χ1n) is 12.4. The van der Waals surface area contributed by atoms with Gasteiger partial charge in [0, 0.05) is 0 Å². The Morgan fingerprint density at radius 3 is 2.38 bits per heavy atom. The van der Waals surface area contributed by atoms with E-state index < -0.39 is 0 Å². The number of hydrogen-bond acceptors (Lipinski definition) is 1. The fourth-order valence-electron chi connectivity index (χ4n) is 4.35. The monoisotopic (exact) mass is 456 g/mol. The summed E-state index contributed by atoms with van der Waals surface area (Å²) in [6, 6.07) is 15.5. The van der Waals surface area contributed by atoms with Gasteiger partial charge in [0.15, 0.2) is 11.0 Å². The summed E-state index contributed by atoms with van der Waals surface area (Å²) >= 11 is 0. The minimum Gasteiger partial charge on any atom is -1.00 e. The maximum Gasteiger partial charge on any atom is 0.244 e. The molecule has 4 heteroatoms. The molecule has 2 aromatic carbocycles. The molecule has 0 spiro atoms. The molecule has 176 valence electrons. The molecule has 0 N–H and O–H groups in total. The summed E-state index contributed by atoms with van der Waals surface area (Å²) in [5.41, 5.74) is 5.47. The molecule has 0 aliphatic heterocycles. The van der Waals surface area contributed by atoms with Crippen LogP contribution in [0.25, 0.3) is 11.0 Å². The van der Waals surface area contributed by atoms with Crippen LogP contribution in [-0.2, 0) is 26.4 Å². The van der Waals surface area contributed by atoms with Crippen molar-refractivity contribution < 1.29 is 21.7 Å². The van der Waals surface area contributed by atoms with Gasteiger partial charge in [0.05, 0.1) is 20.2 Å². The van der Waals surface area contributed by atoms with Crippen molar-refractivity contribution in [3.8, 4) is 5.75 Å². The molecule has 0 saturated heterocycles. The van der Waals surface area contributed by atoms with Crippen LogP contribution in [0.15, 0.2) is 48.8 Å². The fraction of sp³-hybridized carbons (Fsp3) is 0.536. The van der Waals surface area contributed by atoms with E-state index >= 15 is 0 Å². The standard InChI is InChI=1S/C28H41N2O.ClH/c1-4-6-8-14-24-18-19-28(25(22-24)15-9-7-5-2)31-21-13-12-20-30-23-29(3)26-16-10-11-17-27(26)30;/h10-11,16-19,22-23H,4-9,12-15,20-21H2,1-3H3;1H/q+1;/p-1. The van der Waals surface area contributed by atoms with Gasteiger partial charge in [-0.3, -0.25) is 0 Å². The van der Waals surface area contributed by atoms with Crippen LogP contribution >= 0.6 is 0 Å². The normalized spacial score (nSPS) is 11.0. The van der Waals surface area contributed by atoms with E-state index in [4.69, 9.17) is 4.74 Å². The van der Waals surface area contributed by atoms with Crippen LogP contribution in [0.3, 0.4) is 0 Å². The van der Waals surface area contributed by atoms with Crippen LogP contribution in [-0.4, -0.2) is 11.2 Å². The Kier molecular flexibility index (Phi) is 11.7. The summed E-state index contributed by atoms with van der Waals surface area (Å²) in [7, 11) is 2.12. The van der Waals surface area contributed by atoms with Crippen LogP contribution < -0.4 is 21.7 Å². The number of aryl methyl sites for hydroxylation is 4. The second-order valence-corrected chi connectivity index (χ2v) is 8.82. The Morgan fingerprint density at radius 2 is 1.59 bits per heavy atom. The molecule has 1 heterocycles. The molecule has 0 aliphatic rings. The van der Waals surface area contributed by atoms with E-state index in [1.165, 1.54) is 67.1 Å². The second-order valence-electron chi connectivity index (χ2n) is 8.82. The summed E-state index contributed by atoms with van der Waals surface area (Å²) in [5.74, 6) is 1.10. The summed E-state index contributed by atoms with van der Waals surface area (Å²) in [5, 5.41) is 0. The molecule has 0 bridgehead atoms. The number of para-hydroxylation sites is 2. The first-order chi connectivity index (χ1) is 15.2. The number of fused-ring (bicyclic) bond motifs is 1. The summed E-state index contributed by atoms with van der Waals surface area (Å²) in [6.07, 6.45) is 14.4. The van der Waals surface area contributed by atoms with Gasteiger partial charge in [0.2, 0.25) is 6.33 Å². The van der Waals surface area contributed by atoms with Crippen molar-refractivity contribution in [3.63, 3.8) is 0 Å². The highest BCUT2D eigenvalue weighted by Crippen LogP contribution is 2.24. The van der Waals surface area contributed by atoms with Gasteiger partial charge in [-0.1, -0.05) is 63.8 Å². The largest absolute Gasteiger partial charge is 1.00 e. The third-order valence-corrected chi connectivity index (χ3v) is 6.18. The second kappa shape index (κ2) is 14.2. The number of halogens is 1. The van der Waals surface area contributed by atoms with Gasteiger partial charge in [-0.15, -0.1) is 0 Å². The molecule has 3 aromatic rings. The van der Waals surface area contributed by atoms with Crippen molar-refractivity contribution in [1.82, 2.24) is 4.57 Å². The molecule has 0 fully saturated rings.